The zero-order chi connectivity index (χ0) is 22.0. The van der Waals surface area contributed by atoms with E-state index in [0.29, 0.717) is 0 Å². The molecule has 0 saturated carbocycles. The van der Waals surface area contributed by atoms with E-state index in [9.17, 15) is 22.0 Å². The Morgan fingerprint density at radius 3 is 1.45 bits per heavy atom. The third-order valence-electron chi connectivity index (χ3n) is 4.82. The van der Waals surface area contributed by atoms with Crippen LogP contribution in [0, 0.1) is 23.3 Å². The summed E-state index contributed by atoms with van der Waals surface area (Å²) in [5.74, 6) is -3.89. The minimum Gasteiger partial charge on any atom is -0.252 e. The molecule has 31 heavy (non-hydrogen) atoms. The van der Waals surface area contributed by atoms with Crippen LogP contribution in [-0.4, -0.2) is 16.6 Å². The van der Waals surface area contributed by atoms with Gasteiger partial charge in [-0.15, -0.1) is 0 Å². The molecule has 7 heteroatoms. The van der Waals surface area contributed by atoms with Gasteiger partial charge in [0.15, 0.2) is 0 Å². The second kappa shape index (κ2) is 8.63. The third-order valence-corrected chi connectivity index (χ3v) is 4.82. The number of pyridine rings is 2. The van der Waals surface area contributed by atoms with Gasteiger partial charge in [-0.25, -0.2) is 22.0 Å². The highest BCUT2D eigenvalue weighted by atomic mass is 19.1. The number of nitrogens with zero attached hydrogens (tertiary/aromatic N) is 2. The van der Waals surface area contributed by atoms with Crippen molar-refractivity contribution in [2.24, 2.45) is 0 Å². The highest BCUT2D eigenvalue weighted by Crippen LogP contribution is 2.29. The van der Waals surface area contributed by atoms with E-state index < -0.39 is 35.9 Å². The Hall–Kier alpha value is -3.61. The molecular weight excluding hydrogens is 411 g/mol. The fraction of sp³-hybridized carbons (Fsp3) is 0.0833. The SMILES string of the molecule is FCC(c1cccc(-c2ccc(F)cc2F)n1)c1cccc(-c2ccc(F)cc2F)n1. The van der Waals surface area contributed by atoms with Crippen LogP contribution in [0.15, 0.2) is 72.8 Å². The molecule has 0 unspecified atom stereocenters. The topological polar surface area (TPSA) is 25.8 Å². The molecule has 0 bridgehead atoms. The summed E-state index contributed by atoms with van der Waals surface area (Å²) in [5.41, 5.74) is 1.16. The molecular formula is C24H15F5N2. The van der Waals surface area contributed by atoms with Crippen LogP contribution in [0.4, 0.5) is 22.0 Å². The molecule has 0 fully saturated rings. The van der Waals surface area contributed by atoms with Crippen molar-refractivity contribution in [3.05, 3.63) is 107 Å². The summed E-state index contributed by atoms with van der Waals surface area (Å²) in [6, 6.07) is 15.6. The maximum absolute atomic E-state index is 14.2. The van der Waals surface area contributed by atoms with Crippen LogP contribution in [0.1, 0.15) is 17.3 Å². The van der Waals surface area contributed by atoms with Crippen molar-refractivity contribution < 1.29 is 22.0 Å². The summed E-state index contributed by atoms with van der Waals surface area (Å²) in [7, 11) is 0. The van der Waals surface area contributed by atoms with Crippen molar-refractivity contribution >= 4 is 0 Å². The molecule has 0 amide bonds. The van der Waals surface area contributed by atoms with Crippen LogP contribution in [-0.2, 0) is 0 Å². The maximum atomic E-state index is 14.2. The lowest BCUT2D eigenvalue weighted by atomic mass is 9.99. The van der Waals surface area contributed by atoms with Gasteiger partial charge >= 0.3 is 0 Å². The molecule has 2 nitrogen and oxygen atoms in total. The second-order valence-electron chi connectivity index (χ2n) is 6.85. The van der Waals surface area contributed by atoms with Crippen molar-refractivity contribution in [1.29, 1.82) is 0 Å². The standard InChI is InChI=1S/C24H15F5N2/c25-13-18(23-5-1-3-21(30-23)16-9-7-14(26)11-19(16)28)24-6-2-4-22(31-24)17-10-8-15(27)12-20(17)29/h1-12,18H,13H2. The average Bonchev–Trinajstić information content (AvgIpc) is 2.75. The van der Waals surface area contributed by atoms with E-state index in [1.165, 1.54) is 24.3 Å². The first kappa shape index (κ1) is 20.7. The van der Waals surface area contributed by atoms with E-state index in [-0.39, 0.29) is 33.9 Å². The molecule has 0 N–H and O–H groups in total. The summed E-state index contributed by atoms with van der Waals surface area (Å²) in [6.07, 6.45) is 0. The summed E-state index contributed by atoms with van der Waals surface area (Å²) in [5, 5.41) is 0. The maximum Gasteiger partial charge on any atom is 0.135 e. The fourth-order valence-electron chi connectivity index (χ4n) is 3.30. The Morgan fingerprint density at radius 1 is 0.613 bits per heavy atom. The summed E-state index contributed by atoms with van der Waals surface area (Å²) < 4.78 is 68.8. The third kappa shape index (κ3) is 4.30. The predicted octanol–water partition coefficient (Wildman–Crippen LogP) is 6.47. The van der Waals surface area contributed by atoms with Crippen LogP contribution in [0.3, 0.4) is 0 Å². The van der Waals surface area contributed by atoms with Gasteiger partial charge in [0.05, 0.1) is 28.7 Å². The summed E-state index contributed by atoms with van der Waals surface area (Å²) >= 11 is 0. The Balaban J connectivity index is 1.73. The first-order valence-corrected chi connectivity index (χ1v) is 9.37. The van der Waals surface area contributed by atoms with Crippen LogP contribution in [0.25, 0.3) is 22.5 Å². The molecule has 0 aliphatic heterocycles. The quantitative estimate of drug-likeness (QED) is 0.342. The van der Waals surface area contributed by atoms with Gasteiger partial charge in [0.2, 0.25) is 0 Å². The van der Waals surface area contributed by atoms with E-state index in [2.05, 4.69) is 9.97 Å². The molecule has 0 aliphatic rings. The number of hydrogen-bond acceptors (Lipinski definition) is 2. The molecule has 0 atom stereocenters. The van der Waals surface area contributed by atoms with E-state index in [1.807, 2.05) is 0 Å². The van der Waals surface area contributed by atoms with E-state index >= 15 is 0 Å². The number of alkyl halides is 1. The van der Waals surface area contributed by atoms with Crippen molar-refractivity contribution in [3.8, 4) is 22.5 Å². The highest BCUT2D eigenvalue weighted by molar-refractivity contribution is 5.61. The minimum atomic E-state index is -0.896. The number of aromatic nitrogens is 2. The monoisotopic (exact) mass is 426 g/mol. The summed E-state index contributed by atoms with van der Waals surface area (Å²) in [4.78, 5) is 8.69. The van der Waals surface area contributed by atoms with Crippen LogP contribution < -0.4 is 0 Å². The molecule has 2 heterocycles. The van der Waals surface area contributed by atoms with Gasteiger partial charge in [-0.05, 0) is 48.5 Å². The van der Waals surface area contributed by atoms with E-state index in [4.69, 9.17) is 0 Å². The predicted molar refractivity (Wildman–Crippen MR) is 107 cm³/mol. The Labute approximate surface area is 175 Å². The number of rotatable bonds is 5. The first-order valence-electron chi connectivity index (χ1n) is 9.37. The van der Waals surface area contributed by atoms with Crippen molar-refractivity contribution in [2.75, 3.05) is 6.67 Å². The van der Waals surface area contributed by atoms with Gasteiger partial charge in [0, 0.05) is 23.3 Å². The van der Waals surface area contributed by atoms with Gasteiger partial charge in [-0.2, -0.15) is 0 Å². The van der Waals surface area contributed by atoms with E-state index in [1.54, 1.807) is 24.3 Å². The zero-order valence-corrected chi connectivity index (χ0v) is 16.0. The largest absolute Gasteiger partial charge is 0.252 e. The summed E-state index contributed by atoms with van der Waals surface area (Å²) in [6.45, 7) is -0.856. The van der Waals surface area contributed by atoms with Crippen LogP contribution >= 0.6 is 0 Å². The van der Waals surface area contributed by atoms with Crippen molar-refractivity contribution in [3.63, 3.8) is 0 Å². The Morgan fingerprint density at radius 2 is 1.06 bits per heavy atom. The molecule has 4 rings (SSSR count). The lowest BCUT2D eigenvalue weighted by Gasteiger charge is -2.15. The molecule has 0 saturated heterocycles. The lowest BCUT2D eigenvalue weighted by Crippen LogP contribution is -2.09. The number of halogens is 5. The van der Waals surface area contributed by atoms with Crippen LogP contribution in [0.2, 0.25) is 0 Å². The highest BCUT2D eigenvalue weighted by Gasteiger charge is 2.20. The minimum absolute atomic E-state index is 0.0796. The molecule has 2 aromatic heterocycles. The van der Waals surface area contributed by atoms with Crippen molar-refractivity contribution in [2.45, 2.75) is 5.92 Å². The molecule has 0 spiro atoms. The van der Waals surface area contributed by atoms with Gasteiger partial charge in [0.1, 0.15) is 29.9 Å². The van der Waals surface area contributed by atoms with Gasteiger partial charge in [-0.1, -0.05) is 12.1 Å². The number of benzene rings is 2. The van der Waals surface area contributed by atoms with Crippen LogP contribution in [0.5, 0.6) is 0 Å². The van der Waals surface area contributed by atoms with Gasteiger partial charge < -0.3 is 0 Å². The Bertz CT molecular complexity index is 1150. The zero-order valence-electron chi connectivity index (χ0n) is 16.0. The van der Waals surface area contributed by atoms with E-state index in [0.717, 1.165) is 24.3 Å². The first-order chi connectivity index (χ1) is 15.0. The normalized spacial score (nSPS) is 11.2. The molecule has 0 aliphatic carbocycles. The second-order valence-corrected chi connectivity index (χ2v) is 6.85. The smallest absolute Gasteiger partial charge is 0.135 e. The number of hydrogen-bond donors (Lipinski definition) is 0. The van der Waals surface area contributed by atoms with Gasteiger partial charge in [0.25, 0.3) is 0 Å². The van der Waals surface area contributed by atoms with Gasteiger partial charge in [-0.3, -0.25) is 9.97 Å². The molecule has 4 aromatic rings. The average molecular weight is 426 g/mol. The lowest BCUT2D eigenvalue weighted by molar-refractivity contribution is 0.452. The Kier molecular flexibility index (Phi) is 5.75. The van der Waals surface area contributed by atoms with Crippen molar-refractivity contribution in [1.82, 2.24) is 9.97 Å². The fourth-order valence-corrected chi connectivity index (χ4v) is 3.30. The molecule has 0 radical (unpaired) electrons. The molecule has 156 valence electrons. The molecule has 2 aromatic carbocycles.